The minimum atomic E-state index is -0.132. The zero-order valence-electron chi connectivity index (χ0n) is 7.14. The summed E-state index contributed by atoms with van der Waals surface area (Å²) in [5.74, 6) is -0.132. The normalized spacial score (nSPS) is 18.6. The fourth-order valence-electron chi connectivity index (χ4n) is 1.42. The van der Waals surface area contributed by atoms with E-state index in [1.807, 2.05) is 0 Å². The second kappa shape index (κ2) is 6.27. The summed E-state index contributed by atoms with van der Waals surface area (Å²) in [7, 11) is 0. The van der Waals surface area contributed by atoms with Gasteiger partial charge in [0.2, 0.25) is 0 Å². The summed E-state index contributed by atoms with van der Waals surface area (Å²) >= 11 is 0. The van der Waals surface area contributed by atoms with Gasteiger partial charge in [-0.2, -0.15) is 0 Å². The summed E-state index contributed by atoms with van der Waals surface area (Å²) in [4.78, 5) is 10.5. The van der Waals surface area contributed by atoms with E-state index in [0.717, 1.165) is 12.8 Å². The number of rotatable bonds is 1. The Labute approximate surface area is 97.7 Å². The zero-order valence-corrected chi connectivity index (χ0v) is 9.34. The van der Waals surface area contributed by atoms with E-state index in [-0.39, 0.29) is 49.8 Å². The number of hydrogen-bond donors (Lipinski definition) is 0. The van der Waals surface area contributed by atoms with Gasteiger partial charge in [-0.05, 0) is 25.7 Å². The molecule has 0 heterocycles. The van der Waals surface area contributed by atoms with Crippen LogP contribution in [0.15, 0.2) is 0 Å². The minimum Gasteiger partial charge on any atom is -0.463 e. The van der Waals surface area contributed by atoms with Gasteiger partial charge in [0.05, 0.1) is 0 Å². The summed E-state index contributed by atoms with van der Waals surface area (Å²) in [6.45, 7) is 1.48. The van der Waals surface area contributed by atoms with Crippen LogP contribution < -0.4 is 0 Å². The largest absolute Gasteiger partial charge is 0.463 e. The van der Waals surface area contributed by atoms with Crippen LogP contribution in [0.4, 0.5) is 0 Å². The van der Waals surface area contributed by atoms with Crippen molar-refractivity contribution in [1.29, 1.82) is 0 Å². The van der Waals surface area contributed by atoms with Crippen LogP contribution in [0.25, 0.3) is 0 Å². The molecule has 11 heavy (non-hydrogen) atoms. The van der Waals surface area contributed by atoms with Crippen molar-refractivity contribution >= 4 is 43.7 Å². The van der Waals surface area contributed by atoms with Gasteiger partial charge in [0.1, 0.15) is 6.10 Å². The van der Waals surface area contributed by atoms with E-state index in [1.165, 1.54) is 26.2 Å². The van der Waals surface area contributed by atoms with Crippen LogP contribution in [0.5, 0.6) is 0 Å². The maximum Gasteiger partial charge on any atom is 0.302 e. The van der Waals surface area contributed by atoms with Crippen LogP contribution in [0.2, 0.25) is 0 Å². The number of hydrogen-bond acceptors (Lipinski definition) is 2. The Morgan fingerprint density at radius 1 is 1.27 bits per heavy atom. The quantitative estimate of drug-likeness (QED) is 0.454. The Bertz CT molecular complexity index is 119. The predicted molar refractivity (Wildman–Crippen MR) is 44.4 cm³/mol. The van der Waals surface area contributed by atoms with Crippen LogP contribution in [0.1, 0.15) is 39.0 Å². The first kappa shape index (κ1) is 11.7. The van der Waals surface area contributed by atoms with Gasteiger partial charge in [0, 0.05) is 44.7 Å². The Morgan fingerprint density at radius 3 is 2.27 bits per heavy atom. The second-order valence-electron chi connectivity index (χ2n) is 2.87. The van der Waals surface area contributed by atoms with Gasteiger partial charge in [-0.1, -0.05) is 6.42 Å². The zero-order chi connectivity index (χ0) is 7.40. The molecule has 3 heteroatoms. The summed E-state index contributed by atoms with van der Waals surface area (Å²) < 4.78 is 5.05. The molecule has 0 aliphatic heterocycles. The number of carbonyl (C=O) groups is 1. The average Bonchev–Trinajstić information content (AvgIpc) is 1.88. The molecule has 60 valence electrons. The smallest absolute Gasteiger partial charge is 0.302 e. The third-order valence-corrected chi connectivity index (χ3v) is 1.88. The minimum absolute atomic E-state index is 0. The first-order valence-electron chi connectivity index (χ1n) is 3.96. The Balaban J connectivity index is 0.000001000. The van der Waals surface area contributed by atoms with Gasteiger partial charge in [-0.25, -0.2) is 0 Å². The third-order valence-electron chi connectivity index (χ3n) is 1.88. The summed E-state index contributed by atoms with van der Waals surface area (Å²) in [5.41, 5.74) is 0. The van der Waals surface area contributed by atoms with E-state index >= 15 is 0 Å². The molecule has 1 aliphatic carbocycles. The monoisotopic (exact) mass is 182 g/mol. The molecule has 0 amide bonds. The van der Waals surface area contributed by atoms with E-state index in [1.54, 1.807) is 0 Å². The van der Waals surface area contributed by atoms with Crippen molar-refractivity contribution in [3.8, 4) is 0 Å². The van der Waals surface area contributed by atoms with Crippen LogP contribution >= 0.6 is 0 Å². The van der Waals surface area contributed by atoms with E-state index in [2.05, 4.69) is 0 Å². The topological polar surface area (TPSA) is 26.3 Å². The maximum absolute atomic E-state index is 10.5. The molecule has 0 aromatic heterocycles. The van der Waals surface area contributed by atoms with Crippen molar-refractivity contribution < 1.29 is 9.53 Å². The van der Waals surface area contributed by atoms with Crippen LogP contribution in [-0.2, 0) is 9.53 Å². The number of ether oxygens (including phenoxy) is 1. The van der Waals surface area contributed by atoms with Gasteiger partial charge in [-0.3, -0.25) is 4.79 Å². The standard InChI is InChI=1S/C8H14O2.Ca/c1-7(9)10-8-5-3-2-4-6-8;/h8H,2-6H2,1H3;. The maximum atomic E-state index is 10.5. The molecule has 1 fully saturated rings. The molecule has 2 radical (unpaired) electrons. The molecule has 2 nitrogen and oxygen atoms in total. The van der Waals surface area contributed by atoms with E-state index in [4.69, 9.17) is 4.74 Å². The molecular weight excluding hydrogens is 168 g/mol. The van der Waals surface area contributed by atoms with Gasteiger partial charge >= 0.3 is 5.97 Å². The second-order valence-corrected chi connectivity index (χ2v) is 2.87. The number of carbonyl (C=O) groups excluding carboxylic acids is 1. The SMILES string of the molecule is CC(=O)OC1CCCCC1.[Ca]. The molecule has 0 bridgehead atoms. The Kier molecular flexibility index (Phi) is 6.68. The van der Waals surface area contributed by atoms with Crippen LogP contribution in [0, 0.1) is 0 Å². The molecule has 1 saturated carbocycles. The summed E-state index contributed by atoms with van der Waals surface area (Å²) in [6, 6.07) is 0. The molecule has 1 rings (SSSR count). The molecule has 0 aromatic carbocycles. The summed E-state index contributed by atoms with van der Waals surface area (Å²) in [6.07, 6.45) is 6.11. The van der Waals surface area contributed by atoms with E-state index in [0.29, 0.717) is 0 Å². The first-order valence-corrected chi connectivity index (χ1v) is 3.96. The van der Waals surface area contributed by atoms with E-state index in [9.17, 15) is 4.79 Å². The van der Waals surface area contributed by atoms with Crippen molar-refractivity contribution in [3.05, 3.63) is 0 Å². The van der Waals surface area contributed by atoms with Crippen molar-refractivity contribution in [2.24, 2.45) is 0 Å². The third kappa shape index (κ3) is 5.05. The van der Waals surface area contributed by atoms with Crippen LogP contribution in [-0.4, -0.2) is 49.8 Å². The molecule has 0 N–H and O–H groups in total. The van der Waals surface area contributed by atoms with Gasteiger partial charge in [0.25, 0.3) is 0 Å². The van der Waals surface area contributed by atoms with Gasteiger partial charge < -0.3 is 4.74 Å². The Hall–Kier alpha value is 0.730. The van der Waals surface area contributed by atoms with Crippen molar-refractivity contribution in [2.75, 3.05) is 0 Å². The van der Waals surface area contributed by atoms with Gasteiger partial charge in [0.15, 0.2) is 0 Å². The van der Waals surface area contributed by atoms with Crippen molar-refractivity contribution in [1.82, 2.24) is 0 Å². The van der Waals surface area contributed by atoms with E-state index < -0.39 is 0 Å². The summed E-state index contributed by atoms with van der Waals surface area (Å²) in [5, 5.41) is 0. The van der Waals surface area contributed by atoms with Crippen LogP contribution in [0.3, 0.4) is 0 Å². The molecular formula is C8H14CaO2. The molecule has 0 atom stereocenters. The van der Waals surface area contributed by atoms with Crippen molar-refractivity contribution in [3.63, 3.8) is 0 Å². The Morgan fingerprint density at radius 2 is 1.82 bits per heavy atom. The predicted octanol–water partition coefficient (Wildman–Crippen LogP) is 1.50. The fraction of sp³-hybridized carbons (Fsp3) is 0.875. The molecule has 1 aliphatic rings. The molecule has 0 saturated heterocycles. The molecule has 0 aromatic rings. The van der Waals surface area contributed by atoms with Gasteiger partial charge in [-0.15, -0.1) is 0 Å². The fourth-order valence-corrected chi connectivity index (χ4v) is 1.42. The average molecular weight is 182 g/mol. The molecule has 0 spiro atoms. The first-order chi connectivity index (χ1) is 4.79. The number of esters is 1. The van der Waals surface area contributed by atoms with Crippen molar-refractivity contribution in [2.45, 2.75) is 45.1 Å². The molecule has 0 unspecified atom stereocenters.